The van der Waals surface area contributed by atoms with Gasteiger partial charge in [0.25, 0.3) is 0 Å². The standard InChI is InChI=1S/C30H49N5O6/c1-20(2)26(28(38)32-23(19-36)17-21-11-5-3-6-12-21)35-27(37)25(18-22-13-7-4-8-14-22)34-30(41)33-24(29(39)40)15-9-10-16-31/h3,5-6,11-12,20,22-26,36H,4,7-10,13-19,31H2,1-2H3,(H,32,38)(H,35,37)(H,39,40)(H2,33,34,41)/t23-,24-,25+,26?/m0/s1. The molecule has 11 nitrogen and oxygen atoms in total. The summed E-state index contributed by atoms with van der Waals surface area (Å²) in [5.74, 6) is -2.11. The number of hydrogen-bond acceptors (Lipinski definition) is 6. The van der Waals surface area contributed by atoms with Gasteiger partial charge in [-0.3, -0.25) is 9.59 Å². The van der Waals surface area contributed by atoms with Gasteiger partial charge in [0, 0.05) is 0 Å². The number of urea groups is 1. The average molecular weight is 576 g/mol. The van der Waals surface area contributed by atoms with Crippen molar-refractivity contribution in [2.75, 3.05) is 13.2 Å². The lowest BCUT2D eigenvalue weighted by atomic mass is 9.84. The third-order valence-electron chi connectivity index (χ3n) is 7.60. The fourth-order valence-corrected chi connectivity index (χ4v) is 5.24. The predicted octanol–water partition coefficient (Wildman–Crippen LogP) is 2.07. The second-order valence-corrected chi connectivity index (χ2v) is 11.4. The number of aliphatic carboxylic acids is 1. The topological polar surface area (TPSA) is 183 Å². The van der Waals surface area contributed by atoms with Crippen LogP contribution in [0.5, 0.6) is 0 Å². The molecule has 0 heterocycles. The Kier molecular flexibility index (Phi) is 15.2. The van der Waals surface area contributed by atoms with Crippen molar-refractivity contribution in [2.24, 2.45) is 17.6 Å². The minimum atomic E-state index is -1.16. The summed E-state index contributed by atoms with van der Waals surface area (Å²) >= 11 is 0. The summed E-state index contributed by atoms with van der Waals surface area (Å²) in [7, 11) is 0. The number of aliphatic hydroxyl groups is 1. The molecule has 8 N–H and O–H groups in total. The van der Waals surface area contributed by atoms with Crippen molar-refractivity contribution in [1.29, 1.82) is 0 Å². The number of nitrogens with one attached hydrogen (secondary N) is 4. The van der Waals surface area contributed by atoms with Crippen molar-refractivity contribution in [3.63, 3.8) is 0 Å². The molecule has 230 valence electrons. The van der Waals surface area contributed by atoms with Gasteiger partial charge in [-0.2, -0.15) is 0 Å². The first-order chi connectivity index (χ1) is 19.6. The van der Waals surface area contributed by atoms with Crippen LogP contribution in [0.2, 0.25) is 0 Å². The van der Waals surface area contributed by atoms with Gasteiger partial charge in [0.05, 0.1) is 12.6 Å². The largest absolute Gasteiger partial charge is 0.480 e. The first-order valence-corrected chi connectivity index (χ1v) is 14.9. The Hall–Kier alpha value is -3.18. The van der Waals surface area contributed by atoms with E-state index in [0.717, 1.165) is 37.7 Å². The molecule has 1 aromatic carbocycles. The Morgan fingerprint density at radius 1 is 0.902 bits per heavy atom. The Morgan fingerprint density at radius 3 is 2.15 bits per heavy atom. The molecule has 1 aliphatic rings. The zero-order chi connectivity index (χ0) is 30.2. The Morgan fingerprint density at radius 2 is 1.56 bits per heavy atom. The van der Waals surface area contributed by atoms with Gasteiger partial charge in [-0.1, -0.05) is 76.3 Å². The molecule has 1 aromatic rings. The molecular weight excluding hydrogens is 526 g/mol. The fourth-order valence-electron chi connectivity index (χ4n) is 5.24. The van der Waals surface area contributed by atoms with Crippen molar-refractivity contribution in [1.82, 2.24) is 21.3 Å². The third-order valence-corrected chi connectivity index (χ3v) is 7.60. The number of rotatable bonds is 17. The van der Waals surface area contributed by atoms with Crippen LogP contribution in [0.25, 0.3) is 0 Å². The first kappa shape index (κ1) is 34.0. The second kappa shape index (κ2) is 18.3. The maximum atomic E-state index is 13.5. The predicted molar refractivity (Wildman–Crippen MR) is 157 cm³/mol. The van der Waals surface area contributed by atoms with Crippen molar-refractivity contribution in [3.8, 4) is 0 Å². The van der Waals surface area contributed by atoms with Crippen LogP contribution in [0, 0.1) is 11.8 Å². The highest BCUT2D eigenvalue weighted by atomic mass is 16.4. The lowest BCUT2D eigenvalue weighted by Crippen LogP contribution is -2.59. The van der Waals surface area contributed by atoms with E-state index in [1.165, 1.54) is 0 Å². The monoisotopic (exact) mass is 575 g/mol. The van der Waals surface area contributed by atoms with Crippen molar-refractivity contribution in [3.05, 3.63) is 35.9 Å². The van der Waals surface area contributed by atoms with Gasteiger partial charge in [-0.15, -0.1) is 0 Å². The fraction of sp³-hybridized carbons (Fsp3) is 0.667. The summed E-state index contributed by atoms with van der Waals surface area (Å²) in [6.45, 7) is 3.79. The number of carboxylic acid groups (broad SMARTS) is 1. The highest BCUT2D eigenvalue weighted by molar-refractivity contribution is 5.92. The number of aliphatic hydroxyl groups excluding tert-OH is 1. The molecule has 0 aliphatic heterocycles. The molecule has 11 heteroatoms. The maximum absolute atomic E-state index is 13.5. The number of benzene rings is 1. The van der Waals surface area contributed by atoms with Crippen LogP contribution in [0.1, 0.15) is 77.2 Å². The molecule has 1 fully saturated rings. The van der Waals surface area contributed by atoms with Crippen LogP contribution in [0.15, 0.2) is 30.3 Å². The van der Waals surface area contributed by atoms with Crippen molar-refractivity contribution >= 4 is 23.8 Å². The SMILES string of the molecule is CC(C)C(NC(=O)[C@@H](CC1CCCCC1)NC(=O)N[C@@H](CCCCN)C(=O)O)C(=O)N[C@H](CO)Cc1ccccc1. The van der Waals surface area contributed by atoms with E-state index in [2.05, 4.69) is 21.3 Å². The van der Waals surface area contributed by atoms with E-state index < -0.39 is 48.0 Å². The molecule has 0 radical (unpaired) electrons. The van der Waals surface area contributed by atoms with Crippen LogP contribution in [0.4, 0.5) is 4.79 Å². The normalized spacial score (nSPS) is 16.7. The minimum absolute atomic E-state index is 0.226. The number of carbonyl (C=O) groups is 4. The molecule has 4 atom stereocenters. The lowest BCUT2D eigenvalue weighted by Gasteiger charge is -2.30. The first-order valence-electron chi connectivity index (χ1n) is 14.9. The van der Waals surface area contributed by atoms with E-state index in [0.29, 0.717) is 32.2 Å². The summed E-state index contributed by atoms with van der Waals surface area (Å²) in [6.07, 6.45) is 7.35. The van der Waals surface area contributed by atoms with Crippen LogP contribution in [-0.2, 0) is 20.8 Å². The van der Waals surface area contributed by atoms with Gasteiger partial charge >= 0.3 is 12.0 Å². The Bertz CT molecular complexity index is 954. The van der Waals surface area contributed by atoms with E-state index in [1.54, 1.807) is 0 Å². The van der Waals surface area contributed by atoms with E-state index >= 15 is 0 Å². The number of carbonyl (C=O) groups excluding carboxylic acids is 3. The summed E-state index contributed by atoms with van der Waals surface area (Å²) in [6, 6.07) is 5.28. The molecule has 41 heavy (non-hydrogen) atoms. The van der Waals surface area contributed by atoms with E-state index in [4.69, 9.17) is 5.73 Å². The molecule has 2 rings (SSSR count). The van der Waals surface area contributed by atoms with Gasteiger partial charge in [0.1, 0.15) is 18.1 Å². The minimum Gasteiger partial charge on any atom is -0.480 e. The summed E-state index contributed by atoms with van der Waals surface area (Å²) in [5.41, 5.74) is 6.46. The molecule has 0 aromatic heterocycles. The number of carboxylic acids is 1. The van der Waals surface area contributed by atoms with Gasteiger partial charge in [-0.05, 0) is 56.0 Å². The zero-order valence-electron chi connectivity index (χ0n) is 24.4. The Labute approximate surface area is 243 Å². The third kappa shape index (κ3) is 12.5. The quantitative estimate of drug-likeness (QED) is 0.139. The van der Waals surface area contributed by atoms with Crippen molar-refractivity contribution < 1.29 is 29.4 Å². The molecule has 1 saturated carbocycles. The molecule has 1 unspecified atom stereocenters. The van der Waals surface area contributed by atoms with Gasteiger partial charge < -0.3 is 37.2 Å². The second-order valence-electron chi connectivity index (χ2n) is 11.4. The number of unbranched alkanes of at least 4 members (excludes halogenated alkanes) is 1. The highest BCUT2D eigenvalue weighted by Gasteiger charge is 2.32. The van der Waals surface area contributed by atoms with Gasteiger partial charge in [0.15, 0.2) is 0 Å². The van der Waals surface area contributed by atoms with Gasteiger partial charge in [-0.25, -0.2) is 9.59 Å². The zero-order valence-corrected chi connectivity index (χ0v) is 24.4. The molecule has 0 saturated heterocycles. The van der Waals surface area contributed by atoms with E-state index in [-0.39, 0.29) is 24.9 Å². The number of nitrogens with two attached hydrogens (primary N) is 1. The smallest absolute Gasteiger partial charge is 0.326 e. The maximum Gasteiger partial charge on any atom is 0.326 e. The molecule has 1 aliphatic carbocycles. The molecule has 4 amide bonds. The molecule has 0 bridgehead atoms. The molecule has 0 spiro atoms. The van der Waals surface area contributed by atoms with E-state index in [9.17, 15) is 29.4 Å². The summed E-state index contributed by atoms with van der Waals surface area (Å²) < 4.78 is 0. The number of amides is 4. The summed E-state index contributed by atoms with van der Waals surface area (Å²) in [5, 5.41) is 30.2. The van der Waals surface area contributed by atoms with Crippen LogP contribution in [-0.4, -0.2) is 71.3 Å². The number of hydrogen-bond donors (Lipinski definition) is 7. The highest BCUT2D eigenvalue weighted by Crippen LogP contribution is 2.27. The van der Waals surface area contributed by atoms with Crippen LogP contribution < -0.4 is 27.0 Å². The van der Waals surface area contributed by atoms with Crippen molar-refractivity contribution in [2.45, 2.75) is 102 Å². The lowest BCUT2D eigenvalue weighted by molar-refractivity contribution is -0.139. The molecular formula is C30H49N5O6. The van der Waals surface area contributed by atoms with Crippen LogP contribution in [0.3, 0.4) is 0 Å². The van der Waals surface area contributed by atoms with E-state index in [1.807, 2.05) is 44.2 Å². The average Bonchev–Trinajstić information content (AvgIpc) is 2.95. The van der Waals surface area contributed by atoms with Gasteiger partial charge in [0.2, 0.25) is 11.8 Å². The van der Waals surface area contributed by atoms with Crippen LogP contribution >= 0.6 is 0 Å². The summed E-state index contributed by atoms with van der Waals surface area (Å²) in [4.78, 5) is 51.3. The Balaban J connectivity index is 2.10.